The molecule has 0 spiro atoms. The SMILES string of the molecule is C=C(C)[C@H]1CCC(C)=C[C@@H]1c1c(O)cc(CCCCC)c(C(=O)O)c1O.C=C(C)[C@H]1CCC(C)=C[C@@H]1c1c(O)cc(CCCCC)c(C(=O)O)c1O.C=C(C)[C@H]1CCC(C)=C[C@@H]1c1c(O)cc(CCCCC)c(C(=O)O)c1O.CC(C)[NH-].CC(C)[NH-].CC(C)[NH-].CC(C)[NH-].O.O.[Cl][Pt+2][Cl].[Cl][Pt+2][Cl]. The molecule has 6 atom stereocenters. The number of rotatable bonds is 21. The van der Waals surface area contributed by atoms with Gasteiger partial charge >= 0.3 is 88.5 Å². The van der Waals surface area contributed by atoms with Crippen LogP contribution in [0.25, 0.3) is 22.9 Å². The number of benzene rings is 3. The molecule has 3 aromatic rings. The topological polar surface area (TPSA) is 391 Å². The number of aryl methyl sites for hydroxylation is 3. The van der Waals surface area contributed by atoms with Gasteiger partial charge < -0.3 is 79.8 Å². The number of hydrogen-bond acceptors (Lipinski definition) is 9. The third-order valence-electron chi connectivity index (χ3n) is 16.1. The number of nitrogens with one attached hydrogen (secondary N) is 4. The van der Waals surface area contributed by atoms with E-state index in [2.05, 4.69) is 40.5 Å². The average molecular weight is 1880 g/mol. The minimum atomic E-state index is -1.15. The number of halogens is 4. The molecule has 590 valence electrons. The van der Waals surface area contributed by atoms with Gasteiger partial charge in [-0.25, -0.2) is 14.4 Å². The molecule has 0 saturated heterocycles. The summed E-state index contributed by atoms with van der Waals surface area (Å²) in [4.78, 5) is 35.5. The van der Waals surface area contributed by atoms with Gasteiger partial charge in [-0.15, -0.1) is 24.2 Å². The summed E-state index contributed by atoms with van der Waals surface area (Å²) in [6.07, 6.45) is 21.6. The van der Waals surface area contributed by atoms with Crippen molar-refractivity contribution >= 4 is 55.6 Å². The number of carboxylic acid groups (broad SMARTS) is 3. The fourth-order valence-corrected chi connectivity index (χ4v) is 11.9. The summed E-state index contributed by atoms with van der Waals surface area (Å²) in [7, 11) is 19.5. The number of carboxylic acids is 3. The fraction of sp³-hybridized carbons (Fsp3) is 0.577. The van der Waals surface area contributed by atoms with E-state index >= 15 is 0 Å². The molecule has 0 fully saturated rings. The zero-order valence-corrected chi connectivity index (χ0v) is 71.0. The molecule has 0 heterocycles. The van der Waals surface area contributed by atoms with Crippen LogP contribution in [0, 0.1) is 17.8 Å². The van der Waals surface area contributed by atoms with Crippen LogP contribution in [0.4, 0.5) is 0 Å². The van der Waals surface area contributed by atoms with Crippen LogP contribution >= 0.6 is 37.7 Å². The molecule has 3 aliphatic carbocycles. The Hall–Kier alpha value is -4.39. The molecule has 0 bridgehead atoms. The quantitative estimate of drug-likeness (QED) is 0.0355. The maximum absolute atomic E-state index is 11.8. The van der Waals surface area contributed by atoms with Crippen LogP contribution in [0.2, 0.25) is 0 Å². The van der Waals surface area contributed by atoms with Crippen molar-refractivity contribution in [3.8, 4) is 34.5 Å². The molecule has 0 radical (unpaired) electrons. The number of aromatic hydroxyl groups is 6. The molecule has 3 aliphatic rings. The van der Waals surface area contributed by atoms with Crippen molar-refractivity contribution in [2.75, 3.05) is 0 Å². The van der Waals surface area contributed by atoms with E-state index in [1.807, 2.05) is 115 Å². The predicted molar refractivity (Wildman–Crippen MR) is 420 cm³/mol. The normalized spacial score (nSPS) is 17.0. The second-order valence-electron chi connectivity index (χ2n) is 27.2. The van der Waals surface area contributed by atoms with E-state index in [9.17, 15) is 60.3 Å². The van der Waals surface area contributed by atoms with Gasteiger partial charge in [0.25, 0.3) is 0 Å². The first-order valence-electron chi connectivity index (χ1n) is 34.5. The van der Waals surface area contributed by atoms with Crippen LogP contribution in [-0.4, -0.2) is 99.0 Å². The molecule has 0 aromatic heterocycles. The molecule has 17 N–H and O–H groups in total. The summed E-state index contributed by atoms with van der Waals surface area (Å²) in [5.74, 6) is -5.01. The monoisotopic (exact) mass is 1870 g/mol. The van der Waals surface area contributed by atoms with E-state index in [4.69, 9.17) is 60.6 Å². The average Bonchev–Trinajstić information content (AvgIpc) is 0.785. The van der Waals surface area contributed by atoms with Gasteiger partial charge in [-0.2, -0.15) is 0 Å². The van der Waals surface area contributed by atoms with E-state index in [0.29, 0.717) is 52.6 Å². The first kappa shape index (κ1) is 106. The molecule has 18 nitrogen and oxygen atoms in total. The van der Waals surface area contributed by atoms with Gasteiger partial charge in [0.15, 0.2) is 0 Å². The second-order valence-corrected chi connectivity index (χ2v) is 33.7. The molecular formula is C78H126Cl4N4O14Pt2. The molecule has 0 amide bonds. The van der Waals surface area contributed by atoms with E-state index in [1.165, 1.54) is 34.9 Å². The summed E-state index contributed by atoms with van der Waals surface area (Å²) in [6.45, 7) is 44.9. The maximum atomic E-state index is 11.8. The molecule has 6 rings (SSSR count). The van der Waals surface area contributed by atoms with Crippen LogP contribution in [-0.2, 0) is 52.2 Å². The summed E-state index contributed by atoms with van der Waals surface area (Å²) in [6, 6.07) is 4.92. The van der Waals surface area contributed by atoms with Gasteiger partial charge in [0.2, 0.25) is 0 Å². The number of allylic oxidation sites excluding steroid dienone is 9. The van der Waals surface area contributed by atoms with Crippen LogP contribution < -0.4 is 0 Å². The molecular weight excluding hydrogens is 1750 g/mol. The van der Waals surface area contributed by atoms with Crippen molar-refractivity contribution < 1.29 is 104 Å². The standard InChI is InChI=1S/3C22H30O4.4C3H8N.4ClH.2H2O.2Pt/c3*1-5-6-7-8-15-12-18(23)20(21(24)19(15)22(25)26)17-11-14(4)9-10-16(17)13(2)3;4*1-3(2)4;;;;;;;;/h3*11-12,16-17,23-24H,2,5-10H2,1,3-4H3,(H,25,26);4*3-4H,1-2H3;4*1H;2*1H2;;/q;;;4*-1;;;;;;;2*+4/p-4/t3*16-,17+;;;;;;;;;;;;/m111............/s1. The minimum absolute atomic E-state index is 0. The third kappa shape index (κ3) is 40.4. The van der Waals surface area contributed by atoms with Crippen molar-refractivity contribution in [2.24, 2.45) is 17.8 Å². The van der Waals surface area contributed by atoms with Crippen LogP contribution in [0.3, 0.4) is 0 Å². The number of phenols is 6. The number of unbranched alkanes of at least 4 members (excludes halogenated alkanes) is 6. The first-order chi connectivity index (χ1) is 46.6. The second kappa shape index (κ2) is 57.8. The Balaban J connectivity index is -0.000000397. The molecule has 0 aliphatic heterocycles. The fourth-order valence-electron chi connectivity index (χ4n) is 11.9. The van der Waals surface area contributed by atoms with Crippen molar-refractivity contribution in [2.45, 2.75) is 275 Å². The van der Waals surface area contributed by atoms with Gasteiger partial charge in [0.1, 0.15) is 51.2 Å². The Bertz CT molecular complexity index is 2770. The first-order valence-corrected chi connectivity index (χ1v) is 45.7. The predicted octanol–water partition coefficient (Wildman–Crippen LogP) is 23.5. The van der Waals surface area contributed by atoms with Crippen molar-refractivity contribution in [3.05, 3.63) is 163 Å². The molecule has 3 aromatic carbocycles. The number of phenolic OH excluding ortho intramolecular Hbond substituents is 3. The Morgan fingerprint density at radius 2 is 0.608 bits per heavy atom. The van der Waals surface area contributed by atoms with Crippen LogP contribution in [0.5, 0.6) is 34.5 Å². The Morgan fingerprint density at radius 1 is 0.431 bits per heavy atom. The van der Waals surface area contributed by atoms with E-state index in [-0.39, 0.29) is 122 Å². The Labute approximate surface area is 645 Å². The third-order valence-corrected chi connectivity index (χ3v) is 16.1. The summed E-state index contributed by atoms with van der Waals surface area (Å²) in [5.41, 5.74) is 35.0. The van der Waals surface area contributed by atoms with Gasteiger partial charge in [0.05, 0.1) is 0 Å². The van der Waals surface area contributed by atoms with Crippen molar-refractivity contribution in [3.63, 3.8) is 0 Å². The number of hydrogen-bond donors (Lipinski definition) is 9. The zero-order valence-electron chi connectivity index (χ0n) is 63.5. The summed E-state index contributed by atoms with van der Waals surface area (Å²) < 4.78 is 0. The molecule has 24 heteroatoms. The van der Waals surface area contributed by atoms with Crippen LogP contribution in [0.1, 0.15) is 296 Å². The van der Waals surface area contributed by atoms with E-state index in [1.54, 1.807) is 0 Å². The zero-order chi connectivity index (χ0) is 78.0. The van der Waals surface area contributed by atoms with Gasteiger partial charge in [-0.05, 0) is 171 Å². The summed E-state index contributed by atoms with van der Waals surface area (Å²) >= 11 is -0.944. The van der Waals surface area contributed by atoms with E-state index < -0.39 is 50.9 Å². The van der Waals surface area contributed by atoms with E-state index in [0.717, 1.165) is 113 Å². The molecule has 0 saturated carbocycles. The van der Waals surface area contributed by atoms with Gasteiger partial charge in [-0.1, -0.05) is 186 Å². The van der Waals surface area contributed by atoms with Crippen LogP contribution in [0.15, 0.2) is 89.6 Å². The molecule has 0 unspecified atom stereocenters. The number of carbonyl (C=O) groups is 3. The van der Waals surface area contributed by atoms with Gasteiger partial charge in [-0.3, -0.25) is 0 Å². The Kier molecular flexibility index (Phi) is 60.2. The molecule has 102 heavy (non-hydrogen) atoms. The Morgan fingerprint density at radius 3 is 0.755 bits per heavy atom. The van der Waals surface area contributed by atoms with Crippen molar-refractivity contribution in [1.82, 2.24) is 0 Å². The van der Waals surface area contributed by atoms with Crippen molar-refractivity contribution in [1.29, 1.82) is 0 Å². The number of aromatic carboxylic acids is 3. The van der Waals surface area contributed by atoms with Gasteiger partial charge in [0, 0.05) is 34.4 Å². The summed E-state index contributed by atoms with van der Waals surface area (Å²) in [5, 5.41) is 93.4.